The Bertz CT molecular complexity index is 713. The minimum Gasteiger partial charge on any atom is -0.279 e. The van der Waals surface area contributed by atoms with Crippen molar-refractivity contribution in [2.75, 3.05) is 6.26 Å². The Hall–Kier alpha value is -1.47. The average molecular weight is 269 g/mol. The number of aryl methyl sites for hydroxylation is 1. The molecule has 0 spiro atoms. The van der Waals surface area contributed by atoms with E-state index < -0.39 is 9.84 Å². The first-order chi connectivity index (χ1) is 7.88. The fraction of sp³-hybridized carbons (Fsp3) is 0.200. The number of rotatable bonds is 2. The van der Waals surface area contributed by atoms with Crippen molar-refractivity contribution in [1.29, 1.82) is 0 Å². The largest absolute Gasteiger partial charge is 0.279 e. The molecule has 0 aliphatic heterocycles. The molecule has 1 aromatic heterocycles. The fourth-order valence-corrected chi connectivity index (χ4v) is 2.21. The summed E-state index contributed by atoms with van der Waals surface area (Å²) < 4.78 is 24.9. The molecular formula is C10H11N3O2S2. The molecule has 0 bridgehead atoms. The van der Waals surface area contributed by atoms with Crippen LogP contribution < -0.4 is 0 Å². The molecule has 0 atom stereocenters. The third kappa shape index (κ3) is 2.45. The molecule has 0 aliphatic carbocycles. The highest BCUT2D eigenvalue weighted by molar-refractivity contribution is 7.90. The number of H-pyrrole nitrogens is 1. The van der Waals surface area contributed by atoms with Gasteiger partial charge in [-0.25, -0.2) is 8.42 Å². The van der Waals surface area contributed by atoms with Crippen molar-refractivity contribution in [3.63, 3.8) is 0 Å². The monoisotopic (exact) mass is 269 g/mol. The van der Waals surface area contributed by atoms with Crippen LogP contribution in [0.2, 0.25) is 0 Å². The summed E-state index contributed by atoms with van der Waals surface area (Å²) in [6.07, 6.45) is 1.17. The molecule has 90 valence electrons. The van der Waals surface area contributed by atoms with Gasteiger partial charge in [-0.3, -0.25) is 9.78 Å². The van der Waals surface area contributed by atoms with Crippen LogP contribution in [0.4, 0.5) is 0 Å². The molecule has 17 heavy (non-hydrogen) atoms. The van der Waals surface area contributed by atoms with Gasteiger partial charge in [0.1, 0.15) is 0 Å². The van der Waals surface area contributed by atoms with Crippen LogP contribution in [-0.4, -0.2) is 29.4 Å². The maximum Gasteiger partial charge on any atom is 0.216 e. The summed E-state index contributed by atoms with van der Waals surface area (Å²) in [5.41, 5.74) is 0.694. The maximum absolute atomic E-state index is 11.4. The van der Waals surface area contributed by atoms with Crippen LogP contribution in [0.15, 0.2) is 29.2 Å². The van der Waals surface area contributed by atoms with Gasteiger partial charge in [-0.2, -0.15) is 4.98 Å². The van der Waals surface area contributed by atoms with Crippen molar-refractivity contribution >= 4 is 22.1 Å². The van der Waals surface area contributed by atoms with Gasteiger partial charge in [0.25, 0.3) is 0 Å². The minimum atomic E-state index is -3.21. The van der Waals surface area contributed by atoms with Gasteiger partial charge in [0.05, 0.1) is 4.90 Å². The van der Waals surface area contributed by atoms with Crippen molar-refractivity contribution in [2.24, 2.45) is 7.05 Å². The van der Waals surface area contributed by atoms with E-state index in [4.69, 9.17) is 12.2 Å². The van der Waals surface area contributed by atoms with Crippen molar-refractivity contribution < 1.29 is 8.42 Å². The van der Waals surface area contributed by atoms with E-state index in [0.29, 0.717) is 16.2 Å². The van der Waals surface area contributed by atoms with Crippen molar-refractivity contribution in [1.82, 2.24) is 14.8 Å². The van der Waals surface area contributed by atoms with Gasteiger partial charge < -0.3 is 0 Å². The lowest BCUT2D eigenvalue weighted by molar-refractivity contribution is 0.602. The van der Waals surface area contributed by atoms with E-state index in [9.17, 15) is 8.42 Å². The van der Waals surface area contributed by atoms with Gasteiger partial charge in [0.15, 0.2) is 15.7 Å². The SMILES string of the molecule is Cn1[nH]c(-c2cccc(S(C)(=O)=O)c2)nc1=S. The van der Waals surface area contributed by atoms with Gasteiger partial charge in [0, 0.05) is 18.9 Å². The Labute approximate surface area is 104 Å². The lowest BCUT2D eigenvalue weighted by Gasteiger charge is -2.00. The summed E-state index contributed by atoms with van der Waals surface area (Å²) >= 11 is 4.98. The second-order valence-electron chi connectivity index (χ2n) is 3.71. The Balaban J connectivity index is 2.58. The number of hydrogen-bond acceptors (Lipinski definition) is 4. The van der Waals surface area contributed by atoms with Gasteiger partial charge in [-0.1, -0.05) is 12.1 Å². The van der Waals surface area contributed by atoms with Crippen molar-refractivity contribution in [3.8, 4) is 11.4 Å². The smallest absolute Gasteiger partial charge is 0.216 e. The fourth-order valence-electron chi connectivity index (χ4n) is 1.41. The zero-order valence-electron chi connectivity index (χ0n) is 9.34. The number of sulfone groups is 1. The molecule has 2 aromatic rings. The number of benzene rings is 1. The minimum absolute atomic E-state index is 0.264. The topological polar surface area (TPSA) is 67.8 Å². The molecule has 5 nitrogen and oxygen atoms in total. The van der Waals surface area contributed by atoms with E-state index in [2.05, 4.69) is 10.1 Å². The van der Waals surface area contributed by atoms with Crippen LogP contribution in [0.1, 0.15) is 0 Å². The predicted octanol–water partition coefficient (Wildman–Crippen LogP) is 1.55. The van der Waals surface area contributed by atoms with Crippen LogP contribution in [0.25, 0.3) is 11.4 Å². The molecule has 0 amide bonds. The van der Waals surface area contributed by atoms with E-state index in [1.807, 2.05) is 0 Å². The van der Waals surface area contributed by atoms with Gasteiger partial charge in [0.2, 0.25) is 4.77 Å². The molecule has 2 rings (SSSR count). The molecule has 1 aromatic carbocycles. The first-order valence-electron chi connectivity index (χ1n) is 4.81. The summed E-state index contributed by atoms with van der Waals surface area (Å²) in [6, 6.07) is 6.58. The normalized spacial score (nSPS) is 11.6. The molecule has 1 N–H and O–H groups in total. The van der Waals surface area contributed by atoms with E-state index in [1.165, 1.54) is 6.26 Å². The quantitative estimate of drug-likeness (QED) is 0.840. The average Bonchev–Trinajstić information content (AvgIpc) is 2.58. The molecule has 0 fully saturated rings. The maximum atomic E-state index is 11.4. The highest BCUT2D eigenvalue weighted by Crippen LogP contribution is 2.19. The molecule has 1 heterocycles. The first kappa shape index (κ1) is 12.0. The Morgan fingerprint density at radius 3 is 2.65 bits per heavy atom. The number of nitrogens with one attached hydrogen (secondary N) is 1. The molecular weight excluding hydrogens is 258 g/mol. The summed E-state index contributed by atoms with van der Waals surface area (Å²) in [5.74, 6) is 0.558. The van der Waals surface area contributed by atoms with Crippen LogP contribution >= 0.6 is 12.2 Å². The van der Waals surface area contributed by atoms with E-state index in [0.717, 1.165) is 0 Å². The Morgan fingerprint density at radius 1 is 1.41 bits per heavy atom. The summed E-state index contributed by atoms with van der Waals surface area (Å²) in [6.45, 7) is 0. The molecule has 7 heteroatoms. The van der Waals surface area contributed by atoms with Crippen LogP contribution in [0.5, 0.6) is 0 Å². The van der Waals surface area contributed by atoms with Crippen molar-refractivity contribution in [3.05, 3.63) is 29.0 Å². The third-order valence-electron chi connectivity index (χ3n) is 2.30. The van der Waals surface area contributed by atoms with E-state index in [-0.39, 0.29) is 4.90 Å². The zero-order chi connectivity index (χ0) is 12.6. The Kier molecular flexibility index (Phi) is 2.88. The lowest BCUT2D eigenvalue weighted by atomic mass is 10.2. The molecule has 0 aliphatic rings. The standard InChI is InChI=1S/C10H11N3O2S2/c1-13-10(16)11-9(12-13)7-4-3-5-8(6-7)17(2,14)15/h3-6H,1-2H3,(H,11,12,16). The molecule has 0 saturated carbocycles. The van der Waals surface area contributed by atoms with Crippen molar-refractivity contribution in [2.45, 2.75) is 4.90 Å². The highest BCUT2D eigenvalue weighted by atomic mass is 32.2. The predicted molar refractivity (Wildman–Crippen MR) is 66.9 cm³/mol. The van der Waals surface area contributed by atoms with E-state index >= 15 is 0 Å². The first-order valence-corrected chi connectivity index (χ1v) is 7.11. The highest BCUT2D eigenvalue weighted by Gasteiger charge is 2.09. The number of aromatic amines is 1. The van der Waals surface area contributed by atoms with Gasteiger partial charge >= 0.3 is 0 Å². The number of nitrogens with zero attached hydrogens (tertiary/aromatic N) is 2. The van der Waals surface area contributed by atoms with Gasteiger partial charge in [-0.15, -0.1) is 0 Å². The number of aromatic nitrogens is 3. The zero-order valence-corrected chi connectivity index (χ0v) is 11.0. The number of hydrogen-bond donors (Lipinski definition) is 1. The van der Waals surface area contributed by atoms with Crippen LogP contribution in [-0.2, 0) is 16.9 Å². The second-order valence-corrected chi connectivity index (χ2v) is 6.09. The molecule has 0 radical (unpaired) electrons. The van der Waals surface area contributed by atoms with Gasteiger partial charge in [-0.05, 0) is 24.4 Å². The summed E-state index contributed by atoms with van der Waals surface area (Å²) in [7, 11) is -1.46. The summed E-state index contributed by atoms with van der Waals surface area (Å²) in [4.78, 5) is 4.39. The second kappa shape index (κ2) is 4.08. The Morgan fingerprint density at radius 2 is 2.12 bits per heavy atom. The van der Waals surface area contributed by atoms with E-state index in [1.54, 1.807) is 36.0 Å². The lowest BCUT2D eigenvalue weighted by Crippen LogP contribution is -1.97. The summed E-state index contributed by atoms with van der Waals surface area (Å²) in [5, 5.41) is 2.95. The van der Waals surface area contributed by atoms with Crippen LogP contribution in [0, 0.1) is 4.77 Å². The third-order valence-corrected chi connectivity index (χ3v) is 3.78. The molecule has 0 unspecified atom stereocenters. The van der Waals surface area contributed by atoms with Crippen LogP contribution in [0.3, 0.4) is 0 Å². The molecule has 0 saturated heterocycles.